The van der Waals surface area contributed by atoms with Crippen molar-refractivity contribution in [1.29, 1.82) is 0 Å². The van der Waals surface area contributed by atoms with Gasteiger partial charge in [0, 0.05) is 4.88 Å². The fraction of sp³-hybridized carbons (Fsp3) is 0.556. The molecule has 1 nitrogen and oxygen atoms in total. The Morgan fingerprint density at radius 1 is 1.50 bits per heavy atom. The fourth-order valence-corrected chi connectivity index (χ4v) is 2.72. The third-order valence-corrected chi connectivity index (χ3v) is 3.98. The van der Waals surface area contributed by atoms with Crippen molar-refractivity contribution in [1.82, 2.24) is 0 Å². The van der Waals surface area contributed by atoms with Gasteiger partial charge in [-0.25, -0.2) is 0 Å². The second-order valence-electron chi connectivity index (χ2n) is 3.43. The van der Waals surface area contributed by atoms with Gasteiger partial charge in [-0.15, -0.1) is 11.3 Å². The van der Waals surface area contributed by atoms with Crippen LogP contribution in [0.2, 0.25) is 0 Å². The Kier molecular flexibility index (Phi) is 2.27. The van der Waals surface area contributed by atoms with Gasteiger partial charge >= 0.3 is 0 Å². The number of aliphatic hydroxyl groups is 1. The van der Waals surface area contributed by atoms with Crippen molar-refractivity contribution in [2.24, 2.45) is 0 Å². The first-order valence-electron chi connectivity index (χ1n) is 4.15. The summed E-state index contributed by atoms with van der Waals surface area (Å²) >= 11 is 5.19. The van der Waals surface area contributed by atoms with E-state index in [1.165, 1.54) is 8.66 Å². The largest absolute Gasteiger partial charge is 0.390 e. The molecule has 1 aromatic rings. The van der Waals surface area contributed by atoms with Crippen molar-refractivity contribution in [2.75, 3.05) is 0 Å². The number of hydrogen-bond donors (Lipinski definition) is 1. The van der Waals surface area contributed by atoms with Crippen molar-refractivity contribution in [2.45, 2.75) is 31.3 Å². The first kappa shape index (κ1) is 8.73. The zero-order valence-electron chi connectivity index (χ0n) is 6.72. The Bertz CT molecular complexity index is 278. The van der Waals surface area contributed by atoms with E-state index in [0.29, 0.717) is 0 Å². The summed E-state index contributed by atoms with van der Waals surface area (Å²) in [6.07, 6.45) is 3.95. The third kappa shape index (κ3) is 2.09. The molecule has 0 spiro atoms. The number of thiophene rings is 1. The predicted octanol–water partition coefficient (Wildman–Crippen LogP) is 2.97. The van der Waals surface area contributed by atoms with E-state index in [1.54, 1.807) is 11.3 Å². The molecule has 1 N–H and O–H groups in total. The van der Waals surface area contributed by atoms with Gasteiger partial charge in [0.1, 0.15) is 0 Å². The van der Waals surface area contributed by atoms with E-state index in [0.717, 1.165) is 25.7 Å². The Morgan fingerprint density at radius 2 is 2.25 bits per heavy atom. The SMILES string of the molecule is OC1(CCc2ccc(Br)s2)CC1. The van der Waals surface area contributed by atoms with E-state index in [4.69, 9.17) is 0 Å². The summed E-state index contributed by atoms with van der Waals surface area (Å²) in [4.78, 5) is 1.36. The molecule has 0 unspecified atom stereocenters. The molecule has 3 heteroatoms. The molecule has 0 aromatic carbocycles. The average Bonchev–Trinajstić information content (AvgIpc) is 2.60. The number of aryl methyl sites for hydroxylation is 1. The van der Waals surface area contributed by atoms with Crippen molar-refractivity contribution in [3.8, 4) is 0 Å². The Morgan fingerprint density at radius 3 is 2.75 bits per heavy atom. The van der Waals surface area contributed by atoms with Crippen LogP contribution in [-0.2, 0) is 6.42 Å². The molecule has 0 amide bonds. The molecule has 1 aliphatic carbocycles. The molecule has 66 valence electrons. The number of halogens is 1. The summed E-state index contributed by atoms with van der Waals surface area (Å²) in [5.74, 6) is 0. The molecule has 2 rings (SSSR count). The van der Waals surface area contributed by atoms with Crippen molar-refractivity contribution in [3.63, 3.8) is 0 Å². The van der Waals surface area contributed by atoms with Gasteiger partial charge < -0.3 is 5.11 Å². The molecule has 1 saturated carbocycles. The lowest BCUT2D eigenvalue weighted by Gasteiger charge is -2.04. The maximum atomic E-state index is 9.59. The van der Waals surface area contributed by atoms with Gasteiger partial charge in [0.15, 0.2) is 0 Å². The molecule has 1 aromatic heterocycles. The zero-order chi connectivity index (χ0) is 8.60. The van der Waals surface area contributed by atoms with E-state index in [-0.39, 0.29) is 5.60 Å². The lowest BCUT2D eigenvalue weighted by atomic mass is 10.1. The van der Waals surface area contributed by atoms with Crippen LogP contribution in [0.15, 0.2) is 15.9 Å². The second-order valence-corrected chi connectivity index (χ2v) is 5.98. The molecule has 0 atom stereocenters. The summed E-state index contributed by atoms with van der Waals surface area (Å²) in [5, 5.41) is 9.59. The molecule has 1 fully saturated rings. The van der Waals surface area contributed by atoms with Gasteiger partial charge in [-0.05, 0) is 53.7 Å². The van der Waals surface area contributed by atoms with Gasteiger partial charge in [0.25, 0.3) is 0 Å². The van der Waals surface area contributed by atoms with E-state index in [1.807, 2.05) is 0 Å². The monoisotopic (exact) mass is 246 g/mol. The van der Waals surface area contributed by atoms with Crippen molar-refractivity contribution < 1.29 is 5.11 Å². The standard InChI is InChI=1S/C9H11BrOS/c10-8-2-1-7(12-8)3-4-9(11)5-6-9/h1-2,11H,3-6H2. The van der Waals surface area contributed by atoms with Gasteiger partial charge in [-0.3, -0.25) is 0 Å². The lowest BCUT2D eigenvalue weighted by molar-refractivity contribution is 0.141. The van der Waals surface area contributed by atoms with Crippen LogP contribution in [0.25, 0.3) is 0 Å². The molecule has 12 heavy (non-hydrogen) atoms. The van der Waals surface area contributed by atoms with Gasteiger partial charge in [0.05, 0.1) is 9.39 Å². The summed E-state index contributed by atoms with van der Waals surface area (Å²) in [5.41, 5.74) is -0.295. The van der Waals surface area contributed by atoms with Crippen LogP contribution in [0.5, 0.6) is 0 Å². The van der Waals surface area contributed by atoms with Gasteiger partial charge in [0.2, 0.25) is 0 Å². The fourth-order valence-electron chi connectivity index (χ4n) is 1.24. The number of rotatable bonds is 3. The van der Waals surface area contributed by atoms with E-state index in [9.17, 15) is 5.11 Å². The lowest BCUT2D eigenvalue weighted by Crippen LogP contribution is -2.06. The van der Waals surface area contributed by atoms with Crippen LogP contribution in [0.3, 0.4) is 0 Å². The summed E-state index contributed by atoms with van der Waals surface area (Å²) < 4.78 is 1.18. The molecule has 1 aliphatic rings. The van der Waals surface area contributed by atoms with Crippen molar-refractivity contribution in [3.05, 3.63) is 20.8 Å². The van der Waals surface area contributed by atoms with Crippen LogP contribution >= 0.6 is 27.3 Å². The quantitative estimate of drug-likeness (QED) is 0.870. The summed E-state index contributed by atoms with van der Waals surface area (Å²) in [7, 11) is 0. The van der Waals surface area contributed by atoms with E-state index in [2.05, 4.69) is 28.1 Å². The minimum atomic E-state index is -0.295. The molecule has 0 aliphatic heterocycles. The van der Waals surface area contributed by atoms with Gasteiger partial charge in [-0.1, -0.05) is 0 Å². The highest BCUT2D eigenvalue weighted by atomic mass is 79.9. The van der Waals surface area contributed by atoms with Crippen LogP contribution < -0.4 is 0 Å². The summed E-state index contributed by atoms with van der Waals surface area (Å²) in [6.45, 7) is 0. The third-order valence-electron chi connectivity index (χ3n) is 2.29. The second kappa shape index (κ2) is 3.13. The topological polar surface area (TPSA) is 20.2 Å². The van der Waals surface area contributed by atoms with Crippen LogP contribution in [-0.4, -0.2) is 10.7 Å². The smallest absolute Gasteiger partial charge is 0.0701 e. The molecule has 1 heterocycles. The first-order chi connectivity index (χ1) is 5.68. The molecule has 0 saturated heterocycles. The van der Waals surface area contributed by atoms with E-state index >= 15 is 0 Å². The minimum Gasteiger partial charge on any atom is -0.390 e. The highest BCUT2D eigenvalue weighted by molar-refractivity contribution is 9.11. The van der Waals surface area contributed by atoms with Crippen LogP contribution in [0.4, 0.5) is 0 Å². The Balaban J connectivity index is 1.87. The maximum absolute atomic E-state index is 9.59. The normalized spacial score (nSPS) is 19.5. The Labute approximate surface area is 84.6 Å². The van der Waals surface area contributed by atoms with E-state index < -0.39 is 0 Å². The average molecular weight is 247 g/mol. The summed E-state index contributed by atoms with van der Waals surface area (Å²) in [6, 6.07) is 4.19. The zero-order valence-corrected chi connectivity index (χ0v) is 9.12. The van der Waals surface area contributed by atoms with Crippen LogP contribution in [0.1, 0.15) is 24.1 Å². The molecular weight excluding hydrogens is 236 g/mol. The predicted molar refractivity (Wildman–Crippen MR) is 54.5 cm³/mol. The first-order valence-corrected chi connectivity index (χ1v) is 5.76. The van der Waals surface area contributed by atoms with Crippen molar-refractivity contribution >= 4 is 27.3 Å². The maximum Gasteiger partial charge on any atom is 0.0701 e. The number of hydrogen-bond acceptors (Lipinski definition) is 2. The van der Waals surface area contributed by atoms with Gasteiger partial charge in [-0.2, -0.15) is 0 Å². The molecule has 0 bridgehead atoms. The minimum absolute atomic E-state index is 0.295. The highest BCUT2D eigenvalue weighted by Crippen LogP contribution is 2.39. The highest BCUT2D eigenvalue weighted by Gasteiger charge is 2.39. The molecule has 0 radical (unpaired) electrons. The van der Waals surface area contributed by atoms with Crippen LogP contribution in [0, 0.1) is 0 Å². The molecular formula is C9H11BrOS. The Hall–Kier alpha value is 0.140.